The van der Waals surface area contributed by atoms with Crippen LogP contribution in [0.4, 0.5) is 0 Å². The maximum absolute atomic E-state index is 10.0. The van der Waals surface area contributed by atoms with Gasteiger partial charge in [0.1, 0.15) is 0 Å². The second-order valence-corrected chi connectivity index (χ2v) is 2.12. The zero-order chi connectivity index (χ0) is 6.15. The predicted molar refractivity (Wildman–Crippen MR) is 26.3 cm³/mol. The molecule has 0 aromatic rings. The Labute approximate surface area is 46.9 Å². The van der Waals surface area contributed by atoms with Crippen molar-refractivity contribution in [1.82, 2.24) is 0 Å². The van der Waals surface area contributed by atoms with Crippen molar-refractivity contribution in [1.29, 1.82) is 0 Å². The number of aliphatic carboxylic acids is 1. The van der Waals surface area contributed by atoms with Crippen LogP contribution in [0.25, 0.3) is 0 Å². The Morgan fingerprint density at radius 3 is 2.50 bits per heavy atom. The van der Waals surface area contributed by atoms with Crippen molar-refractivity contribution in [2.75, 3.05) is 6.61 Å². The van der Waals surface area contributed by atoms with E-state index in [9.17, 15) is 4.79 Å². The Balaban J connectivity index is 2.26. The van der Waals surface area contributed by atoms with Gasteiger partial charge in [-0.15, -0.1) is 0 Å². The maximum atomic E-state index is 10.0. The molecule has 2 N–H and O–H groups in total. The van der Waals surface area contributed by atoms with Crippen LogP contribution in [0.2, 0.25) is 0 Å². The molecule has 1 aliphatic rings. The molecule has 1 saturated carbocycles. The van der Waals surface area contributed by atoms with Crippen molar-refractivity contribution in [3.05, 3.63) is 0 Å². The fourth-order valence-electron chi connectivity index (χ4n) is 0.752. The highest BCUT2D eigenvalue weighted by molar-refractivity contribution is 5.73. The lowest BCUT2D eigenvalue weighted by Gasteiger charge is -1.84. The quantitative estimate of drug-likeness (QED) is 0.520. The number of hydrogen-bond acceptors (Lipinski definition) is 2. The summed E-state index contributed by atoms with van der Waals surface area (Å²) in [5, 5.41) is 16.6. The van der Waals surface area contributed by atoms with E-state index in [0.717, 1.165) is 0 Å². The predicted octanol–water partition coefficient (Wildman–Crippen LogP) is -0.301. The molecule has 2 atom stereocenters. The molecule has 0 saturated heterocycles. The molecule has 0 aromatic carbocycles. The van der Waals surface area contributed by atoms with E-state index >= 15 is 0 Å². The molecule has 46 valence electrons. The largest absolute Gasteiger partial charge is 0.481 e. The Bertz CT molecular complexity index is 110. The Morgan fingerprint density at radius 1 is 1.75 bits per heavy atom. The van der Waals surface area contributed by atoms with Crippen molar-refractivity contribution in [3.8, 4) is 0 Å². The summed E-state index contributed by atoms with van der Waals surface area (Å²) in [6.07, 6.45) is 0.659. The molecule has 3 heteroatoms. The minimum atomic E-state index is -0.774. The van der Waals surface area contributed by atoms with Gasteiger partial charge in [-0.2, -0.15) is 0 Å². The second kappa shape index (κ2) is 1.74. The molecule has 0 amide bonds. The maximum Gasteiger partial charge on any atom is 0.306 e. The van der Waals surface area contributed by atoms with Gasteiger partial charge in [-0.3, -0.25) is 4.79 Å². The highest BCUT2D eigenvalue weighted by atomic mass is 16.4. The van der Waals surface area contributed by atoms with Crippen LogP contribution >= 0.6 is 0 Å². The van der Waals surface area contributed by atoms with Gasteiger partial charge < -0.3 is 10.2 Å². The average Bonchev–Trinajstić information content (AvgIpc) is 2.42. The zero-order valence-corrected chi connectivity index (χ0v) is 4.37. The van der Waals surface area contributed by atoms with Crippen LogP contribution in [0.3, 0.4) is 0 Å². The molecule has 3 nitrogen and oxygen atoms in total. The minimum absolute atomic E-state index is 0.0248. The van der Waals surface area contributed by atoms with Gasteiger partial charge in [-0.05, 0) is 12.3 Å². The molecule has 0 unspecified atom stereocenters. The smallest absolute Gasteiger partial charge is 0.306 e. The molecule has 0 spiro atoms. The molecule has 0 aromatic heterocycles. The van der Waals surface area contributed by atoms with Gasteiger partial charge in [0.15, 0.2) is 0 Å². The first-order valence-corrected chi connectivity index (χ1v) is 2.59. The van der Waals surface area contributed by atoms with Crippen LogP contribution in [0, 0.1) is 11.8 Å². The van der Waals surface area contributed by atoms with E-state index in [1.165, 1.54) is 0 Å². The zero-order valence-electron chi connectivity index (χ0n) is 4.37. The summed E-state index contributed by atoms with van der Waals surface area (Å²) in [5.41, 5.74) is 0. The number of aliphatic hydroxyl groups is 1. The summed E-state index contributed by atoms with van der Waals surface area (Å²) in [6, 6.07) is 0. The molecule has 0 heterocycles. The van der Waals surface area contributed by atoms with Crippen LogP contribution in [-0.2, 0) is 4.79 Å². The molecule has 1 rings (SSSR count). The van der Waals surface area contributed by atoms with Crippen LogP contribution < -0.4 is 0 Å². The first-order chi connectivity index (χ1) is 3.75. The molecular formula is C5H8O3. The highest BCUT2D eigenvalue weighted by Crippen LogP contribution is 2.37. The van der Waals surface area contributed by atoms with Crippen LogP contribution in [0.1, 0.15) is 6.42 Å². The molecule has 0 bridgehead atoms. The van der Waals surface area contributed by atoms with E-state index in [1.54, 1.807) is 0 Å². The minimum Gasteiger partial charge on any atom is -0.481 e. The molecular weight excluding hydrogens is 108 g/mol. The van der Waals surface area contributed by atoms with Crippen LogP contribution in [0.5, 0.6) is 0 Å². The number of aliphatic hydroxyl groups excluding tert-OH is 1. The van der Waals surface area contributed by atoms with Crippen LogP contribution in [-0.4, -0.2) is 22.8 Å². The topological polar surface area (TPSA) is 57.5 Å². The van der Waals surface area contributed by atoms with E-state index in [2.05, 4.69) is 0 Å². The summed E-state index contributed by atoms with van der Waals surface area (Å²) in [6.45, 7) is 0.0248. The Morgan fingerprint density at radius 2 is 2.38 bits per heavy atom. The van der Waals surface area contributed by atoms with Gasteiger partial charge in [0, 0.05) is 6.61 Å². The molecule has 0 radical (unpaired) electrons. The second-order valence-electron chi connectivity index (χ2n) is 2.12. The lowest BCUT2D eigenvalue weighted by atomic mass is 10.3. The third kappa shape index (κ3) is 0.816. The molecule has 8 heavy (non-hydrogen) atoms. The third-order valence-corrected chi connectivity index (χ3v) is 1.47. The summed E-state index contributed by atoms with van der Waals surface area (Å²) in [7, 11) is 0. The normalized spacial score (nSPS) is 34.6. The fraction of sp³-hybridized carbons (Fsp3) is 0.800. The van der Waals surface area contributed by atoms with E-state index < -0.39 is 5.97 Å². The van der Waals surface area contributed by atoms with Crippen molar-refractivity contribution in [2.24, 2.45) is 11.8 Å². The Kier molecular flexibility index (Phi) is 1.21. The van der Waals surface area contributed by atoms with Gasteiger partial charge in [0.2, 0.25) is 0 Å². The van der Waals surface area contributed by atoms with E-state index in [-0.39, 0.29) is 18.4 Å². The van der Waals surface area contributed by atoms with E-state index in [0.29, 0.717) is 6.42 Å². The summed E-state index contributed by atoms with van der Waals surface area (Å²) >= 11 is 0. The Hall–Kier alpha value is -0.570. The van der Waals surface area contributed by atoms with Gasteiger partial charge >= 0.3 is 5.97 Å². The number of carbonyl (C=O) groups is 1. The monoisotopic (exact) mass is 116 g/mol. The first kappa shape index (κ1) is 5.56. The number of hydrogen-bond donors (Lipinski definition) is 2. The van der Waals surface area contributed by atoms with Crippen molar-refractivity contribution >= 4 is 5.97 Å². The molecule has 1 aliphatic carbocycles. The average molecular weight is 116 g/mol. The van der Waals surface area contributed by atoms with Crippen molar-refractivity contribution in [2.45, 2.75) is 6.42 Å². The first-order valence-electron chi connectivity index (χ1n) is 2.59. The number of rotatable bonds is 2. The third-order valence-electron chi connectivity index (χ3n) is 1.47. The summed E-state index contributed by atoms with van der Waals surface area (Å²) < 4.78 is 0. The summed E-state index contributed by atoms with van der Waals surface area (Å²) in [5.74, 6) is -0.975. The van der Waals surface area contributed by atoms with Crippen LogP contribution in [0.15, 0.2) is 0 Å². The van der Waals surface area contributed by atoms with E-state index in [4.69, 9.17) is 10.2 Å². The number of carboxylic acid groups (broad SMARTS) is 1. The summed E-state index contributed by atoms with van der Waals surface area (Å²) in [4.78, 5) is 10.0. The van der Waals surface area contributed by atoms with Crippen molar-refractivity contribution < 1.29 is 15.0 Å². The van der Waals surface area contributed by atoms with Gasteiger partial charge in [-0.25, -0.2) is 0 Å². The van der Waals surface area contributed by atoms with Gasteiger partial charge in [0.05, 0.1) is 5.92 Å². The fourth-order valence-corrected chi connectivity index (χ4v) is 0.752. The standard InChI is InChI=1S/C5H8O3/c6-2-3-1-4(3)5(7)8/h3-4,6H,1-2H2,(H,7,8)/t3-,4-/m0/s1. The van der Waals surface area contributed by atoms with E-state index in [1.807, 2.05) is 0 Å². The van der Waals surface area contributed by atoms with Gasteiger partial charge in [-0.1, -0.05) is 0 Å². The SMILES string of the molecule is O=C(O)[C@H]1C[C@H]1CO. The molecule has 1 fully saturated rings. The highest BCUT2D eigenvalue weighted by Gasteiger charge is 2.42. The van der Waals surface area contributed by atoms with Gasteiger partial charge in [0.25, 0.3) is 0 Å². The lowest BCUT2D eigenvalue weighted by Crippen LogP contribution is -2.00. The molecule has 0 aliphatic heterocycles. The van der Waals surface area contributed by atoms with Crippen molar-refractivity contribution in [3.63, 3.8) is 0 Å². The lowest BCUT2D eigenvalue weighted by molar-refractivity contribution is -0.139. The number of carboxylic acids is 1.